The second kappa shape index (κ2) is 7.99. The summed E-state index contributed by atoms with van der Waals surface area (Å²) in [5.41, 5.74) is 2.05. The van der Waals surface area contributed by atoms with Crippen LogP contribution in [0.2, 0.25) is 0 Å². The van der Waals surface area contributed by atoms with Gasteiger partial charge in [0.15, 0.2) is 0 Å². The molecule has 0 saturated heterocycles. The van der Waals surface area contributed by atoms with Crippen molar-refractivity contribution in [2.24, 2.45) is 5.92 Å². The molecular weight excluding hydrogens is 306 g/mol. The molecule has 0 aromatic carbocycles. The minimum Gasteiger partial charge on any atom is -0.361 e. The first kappa shape index (κ1) is 18.0. The molecule has 0 fully saturated rings. The standard InChI is InChI=1S/C17H27N5O2/c1-11(2)13(4)22-16(8-10-19-22)20-17(23)18-9-6-7-15-12(3)21-24-14(15)5/h8,10-11,13H,6-7,9H2,1-5H3,(H2,18,20,23)/t13-/m1/s1. The predicted octanol–water partition coefficient (Wildman–Crippen LogP) is 3.46. The summed E-state index contributed by atoms with van der Waals surface area (Å²) in [6.07, 6.45) is 3.37. The lowest BCUT2D eigenvalue weighted by atomic mass is 10.1. The molecule has 1 atom stereocenters. The van der Waals surface area contributed by atoms with Crippen molar-refractivity contribution in [3.63, 3.8) is 0 Å². The van der Waals surface area contributed by atoms with Crippen molar-refractivity contribution in [3.8, 4) is 0 Å². The molecule has 132 valence electrons. The zero-order valence-corrected chi connectivity index (χ0v) is 15.1. The first-order chi connectivity index (χ1) is 11.4. The third-order valence-electron chi connectivity index (χ3n) is 4.33. The van der Waals surface area contributed by atoms with Crippen LogP contribution in [0.5, 0.6) is 0 Å². The van der Waals surface area contributed by atoms with Gasteiger partial charge < -0.3 is 9.84 Å². The molecule has 0 unspecified atom stereocenters. The van der Waals surface area contributed by atoms with Crippen LogP contribution in [-0.4, -0.2) is 27.5 Å². The van der Waals surface area contributed by atoms with Gasteiger partial charge in [-0.2, -0.15) is 5.10 Å². The van der Waals surface area contributed by atoms with Crippen molar-refractivity contribution < 1.29 is 9.32 Å². The van der Waals surface area contributed by atoms with Crippen LogP contribution in [-0.2, 0) is 6.42 Å². The summed E-state index contributed by atoms with van der Waals surface area (Å²) in [5, 5.41) is 14.0. The van der Waals surface area contributed by atoms with Crippen LogP contribution in [0.1, 0.15) is 50.3 Å². The number of rotatable bonds is 7. The zero-order valence-electron chi connectivity index (χ0n) is 15.1. The molecule has 0 bridgehead atoms. The normalized spacial score (nSPS) is 12.4. The van der Waals surface area contributed by atoms with Crippen LogP contribution in [0.15, 0.2) is 16.8 Å². The average molecular weight is 333 g/mol. The van der Waals surface area contributed by atoms with Crippen molar-refractivity contribution in [2.75, 3.05) is 11.9 Å². The molecule has 0 spiro atoms. The van der Waals surface area contributed by atoms with E-state index in [0.29, 0.717) is 18.3 Å². The smallest absolute Gasteiger partial charge is 0.320 e. The summed E-state index contributed by atoms with van der Waals surface area (Å²) in [6, 6.07) is 1.81. The van der Waals surface area contributed by atoms with E-state index < -0.39 is 0 Å². The summed E-state index contributed by atoms with van der Waals surface area (Å²) in [4.78, 5) is 12.1. The SMILES string of the molecule is Cc1noc(C)c1CCCNC(=O)Nc1ccnn1[C@H](C)C(C)C. The Morgan fingerprint density at radius 2 is 2.08 bits per heavy atom. The summed E-state index contributed by atoms with van der Waals surface area (Å²) in [6.45, 7) is 10.8. The molecule has 0 aliphatic carbocycles. The number of carbonyl (C=O) groups excluding carboxylic acids is 1. The van der Waals surface area contributed by atoms with Gasteiger partial charge in [-0.3, -0.25) is 5.32 Å². The fraction of sp³-hybridized carbons (Fsp3) is 0.588. The first-order valence-corrected chi connectivity index (χ1v) is 8.40. The third-order valence-corrected chi connectivity index (χ3v) is 4.33. The van der Waals surface area contributed by atoms with E-state index in [1.54, 1.807) is 6.20 Å². The number of hydrogen-bond acceptors (Lipinski definition) is 4. The minimum absolute atomic E-state index is 0.216. The van der Waals surface area contributed by atoms with Gasteiger partial charge in [-0.25, -0.2) is 9.48 Å². The highest BCUT2D eigenvalue weighted by atomic mass is 16.5. The molecule has 2 aromatic rings. The minimum atomic E-state index is -0.216. The maximum Gasteiger partial charge on any atom is 0.320 e. The highest BCUT2D eigenvalue weighted by molar-refractivity contribution is 5.88. The predicted molar refractivity (Wildman–Crippen MR) is 93.1 cm³/mol. The lowest BCUT2D eigenvalue weighted by Gasteiger charge is -2.19. The molecule has 2 N–H and O–H groups in total. The van der Waals surface area contributed by atoms with Crippen LogP contribution in [0.3, 0.4) is 0 Å². The molecule has 7 nitrogen and oxygen atoms in total. The second-order valence-corrected chi connectivity index (χ2v) is 6.43. The van der Waals surface area contributed by atoms with Gasteiger partial charge in [-0.05, 0) is 39.5 Å². The van der Waals surface area contributed by atoms with Crippen LogP contribution in [0.4, 0.5) is 10.6 Å². The number of urea groups is 1. The van der Waals surface area contributed by atoms with E-state index in [1.165, 1.54) is 0 Å². The highest BCUT2D eigenvalue weighted by Crippen LogP contribution is 2.20. The van der Waals surface area contributed by atoms with Crippen LogP contribution >= 0.6 is 0 Å². The zero-order chi connectivity index (χ0) is 17.7. The van der Waals surface area contributed by atoms with E-state index in [1.807, 2.05) is 24.6 Å². The van der Waals surface area contributed by atoms with E-state index in [2.05, 4.69) is 41.7 Å². The Labute approximate surface area is 142 Å². The average Bonchev–Trinajstić information content (AvgIpc) is 3.11. The summed E-state index contributed by atoms with van der Waals surface area (Å²) in [7, 11) is 0. The van der Waals surface area contributed by atoms with Crippen molar-refractivity contribution in [1.29, 1.82) is 0 Å². The maximum absolute atomic E-state index is 12.1. The van der Waals surface area contributed by atoms with Crippen molar-refractivity contribution in [2.45, 2.75) is 53.5 Å². The van der Waals surface area contributed by atoms with E-state index >= 15 is 0 Å². The number of anilines is 1. The molecule has 2 amide bonds. The molecule has 0 aliphatic rings. The molecular formula is C17H27N5O2. The Bertz CT molecular complexity index is 655. The summed E-state index contributed by atoms with van der Waals surface area (Å²) in [5.74, 6) is 1.99. The number of nitrogens with one attached hydrogen (secondary N) is 2. The van der Waals surface area contributed by atoms with Gasteiger partial charge in [0.25, 0.3) is 0 Å². The number of hydrogen-bond donors (Lipinski definition) is 2. The molecule has 0 aliphatic heterocycles. The van der Waals surface area contributed by atoms with Gasteiger partial charge >= 0.3 is 6.03 Å². The largest absolute Gasteiger partial charge is 0.361 e. The summed E-state index contributed by atoms with van der Waals surface area (Å²) < 4.78 is 6.98. The number of aromatic nitrogens is 3. The fourth-order valence-corrected chi connectivity index (χ4v) is 2.51. The van der Waals surface area contributed by atoms with Gasteiger partial charge in [-0.15, -0.1) is 0 Å². The van der Waals surface area contributed by atoms with E-state index in [9.17, 15) is 4.79 Å². The highest BCUT2D eigenvalue weighted by Gasteiger charge is 2.15. The maximum atomic E-state index is 12.1. The number of aryl methyl sites for hydroxylation is 2. The summed E-state index contributed by atoms with van der Waals surface area (Å²) >= 11 is 0. The van der Waals surface area contributed by atoms with Gasteiger partial charge in [0.1, 0.15) is 11.6 Å². The second-order valence-electron chi connectivity index (χ2n) is 6.43. The van der Waals surface area contributed by atoms with E-state index in [-0.39, 0.29) is 12.1 Å². The number of amides is 2. The van der Waals surface area contributed by atoms with Gasteiger partial charge in [0.2, 0.25) is 0 Å². The lowest BCUT2D eigenvalue weighted by Crippen LogP contribution is -2.31. The van der Waals surface area contributed by atoms with Gasteiger partial charge in [-0.1, -0.05) is 19.0 Å². The van der Waals surface area contributed by atoms with Crippen molar-refractivity contribution in [1.82, 2.24) is 20.3 Å². The Hall–Kier alpha value is -2.31. The van der Waals surface area contributed by atoms with E-state index in [0.717, 1.165) is 29.9 Å². The molecule has 2 rings (SSSR count). The third kappa shape index (κ3) is 4.37. The molecule has 7 heteroatoms. The number of nitrogens with zero attached hydrogens (tertiary/aromatic N) is 3. The molecule has 0 radical (unpaired) electrons. The Balaban J connectivity index is 1.79. The lowest BCUT2D eigenvalue weighted by molar-refractivity contribution is 0.251. The van der Waals surface area contributed by atoms with Gasteiger partial charge in [0.05, 0.1) is 17.9 Å². The Morgan fingerprint density at radius 3 is 2.71 bits per heavy atom. The van der Waals surface area contributed by atoms with Gasteiger partial charge in [0, 0.05) is 18.2 Å². The molecule has 2 aromatic heterocycles. The molecule has 24 heavy (non-hydrogen) atoms. The van der Waals surface area contributed by atoms with Crippen molar-refractivity contribution >= 4 is 11.8 Å². The molecule has 2 heterocycles. The number of carbonyl (C=O) groups is 1. The van der Waals surface area contributed by atoms with Crippen molar-refractivity contribution in [3.05, 3.63) is 29.3 Å². The quantitative estimate of drug-likeness (QED) is 0.760. The fourth-order valence-electron chi connectivity index (χ4n) is 2.51. The monoisotopic (exact) mass is 333 g/mol. The van der Waals surface area contributed by atoms with Crippen LogP contribution in [0, 0.1) is 19.8 Å². The topological polar surface area (TPSA) is 85.0 Å². The van der Waals surface area contributed by atoms with Crippen LogP contribution in [0.25, 0.3) is 0 Å². The molecule has 0 saturated carbocycles. The first-order valence-electron chi connectivity index (χ1n) is 8.40. The Kier molecular flexibility index (Phi) is 6.00. The Morgan fingerprint density at radius 1 is 1.33 bits per heavy atom. The van der Waals surface area contributed by atoms with Crippen LogP contribution < -0.4 is 10.6 Å². The van der Waals surface area contributed by atoms with E-state index in [4.69, 9.17) is 4.52 Å².